The van der Waals surface area contributed by atoms with Crippen LogP contribution in [0, 0.1) is 0 Å². The number of nitrogens with two attached hydrogens (primary N) is 1. The number of carbonyl (C=O) groups is 1. The second-order valence-electron chi connectivity index (χ2n) is 6.59. The highest BCUT2D eigenvalue weighted by molar-refractivity contribution is 5.90. The van der Waals surface area contributed by atoms with E-state index >= 15 is 0 Å². The fourth-order valence-corrected chi connectivity index (χ4v) is 2.82. The first kappa shape index (κ1) is 20.2. The Morgan fingerprint density at radius 2 is 1.94 bits per heavy atom. The Labute approximate surface area is 173 Å². The summed E-state index contributed by atoms with van der Waals surface area (Å²) in [6, 6.07) is 9.23. The number of fused-ring (bicyclic) bond motifs is 1. The van der Waals surface area contributed by atoms with Crippen molar-refractivity contribution in [2.45, 2.75) is 12.7 Å². The average Bonchev–Trinajstić information content (AvgIpc) is 3.31. The summed E-state index contributed by atoms with van der Waals surface area (Å²) in [7, 11) is 0. The van der Waals surface area contributed by atoms with E-state index in [1.165, 1.54) is 28.9 Å². The predicted octanol–water partition coefficient (Wildman–Crippen LogP) is 2.75. The fourth-order valence-electron chi connectivity index (χ4n) is 2.82. The first-order valence-corrected chi connectivity index (χ1v) is 8.99. The topological polar surface area (TPSA) is 112 Å². The third-order valence-corrected chi connectivity index (χ3v) is 4.17. The highest BCUT2D eigenvalue weighted by atomic mass is 19.4. The van der Waals surface area contributed by atoms with Crippen LogP contribution in [0.25, 0.3) is 16.8 Å². The number of carbonyl (C=O) groups excluding carboxylic acids is 1. The van der Waals surface area contributed by atoms with Crippen LogP contribution in [-0.2, 0) is 11.3 Å². The van der Waals surface area contributed by atoms with Gasteiger partial charge in [-0.3, -0.25) is 9.48 Å². The normalized spacial score (nSPS) is 11.6. The zero-order valence-corrected chi connectivity index (χ0v) is 15.9. The number of aromatic nitrogens is 5. The summed E-state index contributed by atoms with van der Waals surface area (Å²) in [4.78, 5) is 16.4. The number of anilines is 2. The van der Waals surface area contributed by atoms with Gasteiger partial charge in [0.15, 0.2) is 12.3 Å². The lowest BCUT2D eigenvalue weighted by atomic mass is 10.1. The molecule has 0 aliphatic rings. The van der Waals surface area contributed by atoms with Crippen molar-refractivity contribution in [2.75, 3.05) is 17.7 Å². The zero-order valence-electron chi connectivity index (χ0n) is 15.9. The minimum Gasteiger partial charge on any atom is -0.484 e. The predicted molar refractivity (Wildman–Crippen MR) is 105 cm³/mol. The maximum absolute atomic E-state index is 12.3. The molecule has 1 aromatic carbocycles. The Morgan fingerprint density at radius 3 is 2.68 bits per heavy atom. The number of nitrogens with one attached hydrogen (secondary N) is 1. The summed E-state index contributed by atoms with van der Waals surface area (Å²) in [6.07, 6.45) is 0.634. The number of benzene rings is 1. The van der Waals surface area contributed by atoms with E-state index in [0.29, 0.717) is 11.3 Å². The zero-order chi connectivity index (χ0) is 22.0. The second kappa shape index (κ2) is 7.97. The van der Waals surface area contributed by atoms with E-state index in [0.717, 1.165) is 11.1 Å². The number of alkyl halides is 3. The number of nitrogens with zero attached hydrogens (tertiary/aromatic N) is 5. The SMILES string of the molecule is Nc1nc2cc(-c3cnn(CC(=O)Nc4ccc(OCC(F)(F)F)cc4)c3)ccn2n1. The number of rotatable bonds is 6. The molecule has 0 aliphatic carbocycles. The molecule has 0 unspecified atom stereocenters. The van der Waals surface area contributed by atoms with Gasteiger partial charge in [-0.25, -0.2) is 4.52 Å². The lowest BCUT2D eigenvalue weighted by Crippen LogP contribution is -2.19. The van der Waals surface area contributed by atoms with Crippen molar-refractivity contribution in [3.63, 3.8) is 0 Å². The van der Waals surface area contributed by atoms with Crippen LogP contribution in [0.2, 0.25) is 0 Å². The van der Waals surface area contributed by atoms with Gasteiger partial charge in [-0.05, 0) is 42.0 Å². The second-order valence-corrected chi connectivity index (χ2v) is 6.59. The van der Waals surface area contributed by atoms with Crippen molar-refractivity contribution >= 4 is 23.2 Å². The molecule has 3 N–H and O–H groups in total. The van der Waals surface area contributed by atoms with Gasteiger partial charge in [0, 0.05) is 23.6 Å². The summed E-state index contributed by atoms with van der Waals surface area (Å²) in [5.74, 6) is -0.123. The van der Waals surface area contributed by atoms with Crippen molar-refractivity contribution in [1.29, 1.82) is 0 Å². The van der Waals surface area contributed by atoms with Crippen molar-refractivity contribution in [3.05, 3.63) is 55.0 Å². The van der Waals surface area contributed by atoms with Gasteiger partial charge in [-0.1, -0.05) is 0 Å². The number of hydrogen-bond acceptors (Lipinski definition) is 6. The molecule has 0 fully saturated rings. The van der Waals surface area contributed by atoms with E-state index in [9.17, 15) is 18.0 Å². The molecule has 1 amide bonds. The van der Waals surface area contributed by atoms with Crippen LogP contribution in [0.5, 0.6) is 5.75 Å². The highest BCUT2D eigenvalue weighted by Crippen LogP contribution is 2.21. The maximum Gasteiger partial charge on any atom is 0.422 e. The van der Waals surface area contributed by atoms with E-state index in [2.05, 4.69) is 25.2 Å². The molecule has 0 atom stereocenters. The molecular formula is C19H16F3N7O2. The molecule has 0 bridgehead atoms. The number of hydrogen-bond donors (Lipinski definition) is 2. The Hall–Kier alpha value is -4.09. The van der Waals surface area contributed by atoms with Crippen molar-refractivity contribution < 1.29 is 22.7 Å². The Kier molecular flexibility index (Phi) is 5.19. The van der Waals surface area contributed by atoms with Crippen molar-refractivity contribution in [2.24, 2.45) is 0 Å². The fraction of sp³-hybridized carbons (Fsp3) is 0.158. The van der Waals surface area contributed by atoms with E-state index in [1.54, 1.807) is 29.2 Å². The first-order chi connectivity index (χ1) is 14.7. The van der Waals surface area contributed by atoms with Gasteiger partial charge < -0.3 is 15.8 Å². The Morgan fingerprint density at radius 1 is 1.16 bits per heavy atom. The Bertz CT molecular complexity index is 1220. The number of nitrogen functional groups attached to an aromatic ring is 1. The van der Waals surface area contributed by atoms with Gasteiger partial charge in [-0.15, -0.1) is 5.10 Å². The molecular weight excluding hydrogens is 415 g/mol. The monoisotopic (exact) mass is 431 g/mol. The van der Waals surface area contributed by atoms with E-state index in [-0.39, 0.29) is 24.1 Å². The lowest BCUT2D eigenvalue weighted by Gasteiger charge is -2.10. The Balaban J connectivity index is 1.36. The van der Waals surface area contributed by atoms with E-state index in [1.807, 2.05) is 6.07 Å². The molecule has 3 heterocycles. The van der Waals surface area contributed by atoms with E-state index in [4.69, 9.17) is 5.73 Å². The number of amides is 1. The molecule has 0 aliphatic heterocycles. The van der Waals surface area contributed by atoms with Gasteiger partial charge in [0.05, 0.1) is 6.20 Å². The number of ether oxygens (including phenoxy) is 1. The molecule has 3 aromatic heterocycles. The maximum atomic E-state index is 12.3. The standard InChI is InChI=1S/C19H16F3N7O2/c20-19(21,22)11-31-15-3-1-14(2-4-15)25-17(30)10-28-9-13(8-24-28)12-5-6-29-16(7-12)26-18(23)27-29/h1-9H,10-11H2,(H2,23,27)(H,25,30). The molecule has 4 rings (SSSR count). The lowest BCUT2D eigenvalue weighted by molar-refractivity contribution is -0.153. The molecule has 4 aromatic rings. The van der Waals surface area contributed by atoms with Gasteiger partial charge in [0.25, 0.3) is 0 Å². The van der Waals surface area contributed by atoms with E-state index < -0.39 is 12.8 Å². The first-order valence-electron chi connectivity index (χ1n) is 8.99. The molecule has 0 spiro atoms. The van der Waals surface area contributed by atoms with Crippen LogP contribution in [0.3, 0.4) is 0 Å². The quantitative estimate of drug-likeness (QED) is 0.486. The number of halogens is 3. The van der Waals surface area contributed by atoms with Gasteiger partial charge in [0.2, 0.25) is 11.9 Å². The molecule has 0 radical (unpaired) electrons. The minimum atomic E-state index is -4.41. The summed E-state index contributed by atoms with van der Waals surface area (Å²) in [6.45, 7) is -1.43. The van der Waals surface area contributed by atoms with Crippen LogP contribution in [0.1, 0.15) is 0 Å². The third kappa shape index (κ3) is 5.10. The number of pyridine rings is 1. The smallest absolute Gasteiger partial charge is 0.422 e. The van der Waals surface area contributed by atoms with Crippen LogP contribution in [-0.4, -0.2) is 43.1 Å². The summed E-state index contributed by atoms with van der Waals surface area (Å²) in [5.41, 5.74) is 8.21. The molecule has 31 heavy (non-hydrogen) atoms. The summed E-state index contributed by atoms with van der Waals surface area (Å²) < 4.78 is 44.2. The van der Waals surface area contributed by atoms with Gasteiger partial charge in [0.1, 0.15) is 12.3 Å². The highest BCUT2D eigenvalue weighted by Gasteiger charge is 2.28. The van der Waals surface area contributed by atoms with Gasteiger partial charge >= 0.3 is 6.18 Å². The summed E-state index contributed by atoms with van der Waals surface area (Å²) >= 11 is 0. The molecule has 0 saturated heterocycles. The molecule has 0 saturated carbocycles. The molecule has 160 valence electrons. The van der Waals surface area contributed by atoms with Crippen LogP contribution in [0.4, 0.5) is 24.8 Å². The minimum absolute atomic E-state index is 0.0492. The van der Waals surface area contributed by atoms with Crippen LogP contribution < -0.4 is 15.8 Å². The molecule has 12 heteroatoms. The van der Waals surface area contributed by atoms with Crippen LogP contribution in [0.15, 0.2) is 55.0 Å². The molecule has 9 nitrogen and oxygen atoms in total. The van der Waals surface area contributed by atoms with Crippen LogP contribution >= 0.6 is 0 Å². The largest absolute Gasteiger partial charge is 0.484 e. The average molecular weight is 431 g/mol. The van der Waals surface area contributed by atoms with Crippen molar-refractivity contribution in [1.82, 2.24) is 24.4 Å². The third-order valence-electron chi connectivity index (χ3n) is 4.17. The van der Waals surface area contributed by atoms with Gasteiger partial charge in [-0.2, -0.15) is 23.3 Å². The summed E-state index contributed by atoms with van der Waals surface area (Å²) in [5, 5.41) is 10.8. The van der Waals surface area contributed by atoms with Crippen molar-refractivity contribution in [3.8, 4) is 16.9 Å².